The second kappa shape index (κ2) is 5.02. The summed E-state index contributed by atoms with van der Waals surface area (Å²) in [6, 6.07) is 2.18. The van der Waals surface area contributed by atoms with Gasteiger partial charge in [0.25, 0.3) is 0 Å². The number of ether oxygens (including phenoxy) is 1. The quantitative estimate of drug-likeness (QED) is 0.813. The summed E-state index contributed by atoms with van der Waals surface area (Å²) < 4.78 is 7.19. The zero-order chi connectivity index (χ0) is 13.1. The Balaban J connectivity index is 2.64. The number of hydrogen-bond donors (Lipinski definition) is 0. The molecular formula is C12H15N5O. The molecule has 0 atom stereocenters. The van der Waals surface area contributed by atoms with Gasteiger partial charge in [-0.3, -0.25) is 0 Å². The van der Waals surface area contributed by atoms with E-state index < -0.39 is 0 Å². The van der Waals surface area contributed by atoms with E-state index in [-0.39, 0.29) is 0 Å². The van der Waals surface area contributed by atoms with Crippen LogP contribution < -0.4 is 4.90 Å². The van der Waals surface area contributed by atoms with E-state index in [0.29, 0.717) is 18.9 Å². The molecule has 0 aliphatic carbocycles. The highest BCUT2D eigenvalue weighted by molar-refractivity contribution is 5.93. The molecule has 0 radical (unpaired) electrons. The first kappa shape index (κ1) is 12.3. The van der Waals surface area contributed by atoms with Crippen molar-refractivity contribution in [2.75, 3.05) is 25.6 Å². The Morgan fingerprint density at radius 2 is 2.22 bits per heavy atom. The largest absolute Gasteiger partial charge is 0.362 e. The first-order valence-electron chi connectivity index (χ1n) is 5.68. The highest BCUT2D eigenvalue weighted by Crippen LogP contribution is 2.26. The summed E-state index contributed by atoms with van der Waals surface area (Å²) in [4.78, 5) is 10.3. The van der Waals surface area contributed by atoms with Crippen LogP contribution in [0.15, 0.2) is 12.5 Å². The molecule has 0 saturated heterocycles. The van der Waals surface area contributed by atoms with Crippen LogP contribution in [0.3, 0.4) is 0 Å². The summed E-state index contributed by atoms with van der Waals surface area (Å²) in [6.07, 6.45) is 3.25. The van der Waals surface area contributed by atoms with Gasteiger partial charge in [-0.15, -0.1) is 0 Å². The fourth-order valence-corrected chi connectivity index (χ4v) is 1.82. The van der Waals surface area contributed by atoms with Gasteiger partial charge in [0.1, 0.15) is 30.6 Å². The van der Waals surface area contributed by atoms with Crippen LogP contribution in [0.2, 0.25) is 0 Å². The van der Waals surface area contributed by atoms with Crippen molar-refractivity contribution in [1.29, 1.82) is 5.26 Å². The lowest BCUT2D eigenvalue weighted by Crippen LogP contribution is -2.11. The predicted molar refractivity (Wildman–Crippen MR) is 68.2 cm³/mol. The van der Waals surface area contributed by atoms with Gasteiger partial charge in [-0.05, 0) is 6.92 Å². The van der Waals surface area contributed by atoms with Crippen LogP contribution in [0.1, 0.15) is 12.5 Å². The number of hydrogen-bond acceptors (Lipinski definition) is 5. The highest BCUT2D eigenvalue weighted by atomic mass is 16.5. The zero-order valence-corrected chi connectivity index (χ0v) is 10.7. The molecule has 0 aromatic carbocycles. The van der Waals surface area contributed by atoms with Gasteiger partial charge in [0.15, 0.2) is 0 Å². The molecule has 0 bridgehead atoms. The minimum absolute atomic E-state index is 0.387. The van der Waals surface area contributed by atoms with Crippen LogP contribution in [0.25, 0.3) is 11.0 Å². The summed E-state index contributed by atoms with van der Waals surface area (Å²) in [6.45, 7) is 2.93. The van der Waals surface area contributed by atoms with Gasteiger partial charge < -0.3 is 14.2 Å². The van der Waals surface area contributed by atoms with Crippen LogP contribution in [0.5, 0.6) is 0 Å². The van der Waals surface area contributed by atoms with E-state index in [1.54, 1.807) is 6.20 Å². The molecule has 0 saturated carbocycles. The SMILES string of the molecule is CCOCn1cc(C#N)c2c(N(C)C)ncnc21. The molecule has 2 heterocycles. The fraction of sp³-hybridized carbons (Fsp3) is 0.417. The summed E-state index contributed by atoms with van der Waals surface area (Å²) in [5.74, 6) is 0.742. The summed E-state index contributed by atoms with van der Waals surface area (Å²) in [7, 11) is 3.78. The summed E-state index contributed by atoms with van der Waals surface area (Å²) in [5.41, 5.74) is 1.28. The maximum atomic E-state index is 9.20. The Kier molecular flexibility index (Phi) is 3.44. The lowest BCUT2D eigenvalue weighted by molar-refractivity contribution is 0.0905. The number of aromatic nitrogens is 3. The third-order valence-corrected chi connectivity index (χ3v) is 2.61. The van der Waals surface area contributed by atoms with Gasteiger partial charge in [0.2, 0.25) is 0 Å². The van der Waals surface area contributed by atoms with Crippen molar-refractivity contribution in [3.8, 4) is 6.07 Å². The van der Waals surface area contributed by atoms with E-state index >= 15 is 0 Å². The van der Waals surface area contributed by atoms with E-state index in [9.17, 15) is 5.26 Å². The van der Waals surface area contributed by atoms with E-state index in [1.165, 1.54) is 6.33 Å². The second-order valence-corrected chi connectivity index (χ2v) is 4.04. The molecule has 0 unspecified atom stereocenters. The average Bonchev–Trinajstić information content (AvgIpc) is 2.74. The smallest absolute Gasteiger partial charge is 0.148 e. The number of rotatable bonds is 4. The van der Waals surface area contributed by atoms with Gasteiger partial charge in [0, 0.05) is 26.9 Å². The standard InChI is InChI=1S/C12H15N5O/c1-4-18-8-17-6-9(5-13)10-11(16(2)3)14-7-15-12(10)17/h6-7H,4,8H2,1-3H3. The Hall–Kier alpha value is -2.13. The molecule has 0 N–H and O–H groups in total. The normalized spacial score (nSPS) is 10.6. The second-order valence-electron chi connectivity index (χ2n) is 4.04. The maximum absolute atomic E-state index is 9.20. The Morgan fingerprint density at radius 1 is 1.44 bits per heavy atom. The Bertz CT molecular complexity index is 596. The monoisotopic (exact) mass is 245 g/mol. The van der Waals surface area contributed by atoms with Gasteiger partial charge in [-0.2, -0.15) is 5.26 Å². The minimum Gasteiger partial charge on any atom is -0.362 e. The molecule has 2 aromatic rings. The lowest BCUT2D eigenvalue weighted by Gasteiger charge is -2.12. The number of anilines is 1. The number of fused-ring (bicyclic) bond motifs is 1. The zero-order valence-electron chi connectivity index (χ0n) is 10.7. The van der Waals surface area contributed by atoms with Crippen LogP contribution in [0, 0.1) is 11.3 Å². The fourth-order valence-electron chi connectivity index (χ4n) is 1.82. The van der Waals surface area contributed by atoms with Crippen molar-refractivity contribution in [3.63, 3.8) is 0 Å². The van der Waals surface area contributed by atoms with Crippen LogP contribution in [0.4, 0.5) is 5.82 Å². The molecular weight excluding hydrogens is 230 g/mol. The van der Waals surface area contributed by atoms with Gasteiger partial charge in [0.05, 0.1) is 10.9 Å². The summed E-state index contributed by atoms with van der Waals surface area (Å²) in [5, 5.41) is 9.97. The minimum atomic E-state index is 0.387. The first-order valence-corrected chi connectivity index (χ1v) is 5.68. The molecule has 2 rings (SSSR count). The molecule has 0 fully saturated rings. The van der Waals surface area contributed by atoms with Crippen LogP contribution in [-0.2, 0) is 11.5 Å². The van der Waals surface area contributed by atoms with Crippen molar-refractivity contribution in [3.05, 3.63) is 18.1 Å². The molecule has 6 heteroatoms. The molecule has 0 aliphatic heterocycles. The third-order valence-electron chi connectivity index (χ3n) is 2.61. The number of nitriles is 1. The molecule has 0 aliphatic rings. The topological polar surface area (TPSA) is 67.0 Å². The van der Waals surface area contributed by atoms with Gasteiger partial charge in [-0.25, -0.2) is 9.97 Å². The summed E-state index contributed by atoms with van der Waals surface area (Å²) >= 11 is 0. The third kappa shape index (κ3) is 2.00. The highest BCUT2D eigenvalue weighted by Gasteiger charge is 2.15. The van der Waals surface area contributed by atoms with E-state index in [2.05, 4.69) is 16.0 Å². The number of nitrogens with zero attached hydrogens (tertiary/aromatic N) is 5. The van der Waals surface area contributed by atoms with Crippen molar-refractivity contribution in [1.82, 2.24) is 14.5 Å². The predicted octanol–water partition coefficient (Wildman–Crippen LogP) is 1.36. The molecule has 94 valence electrons. The average molecular weight is 245 g/mol. The van der Waals surface area contributed by atoms with Crippen molar-refractivity contribution in [2.24, 2.45) is 0 Å². The van der Waals surface area contributed by atoms with Crippen LogP contribution in [-0.4, -0.2) is 35.2 Å². The van der Waals surface area contributed by atoms with Crippen molar-refractivity contribution in [2.45, 2.75) is 13.7 Å². The molecule has 18 heavy (non-hydrogen) atoms. The van der Waals surface area contributed by atoms with E-state index in [1.807, 2.05) is 30.5 Å². The Labute approximate surface area is 105 Å². The van der Waals surface area contributed by atoms with E-state index in [4.69, 9.17) is 4.74 Å². The van der Waals surface area contributed by atoms with Crippen molar-refractivity contribution >= 4 is 16.9 Å². The molecule has 6 nitrogen and oxygen atoms in total. The van der Waals surface area contributed by atoms with Gasteiger partial charge >= 0.3 is 0 Å². The Morgan fingerprint density at radius 3 is 2.83 bits per heavy atom. The lowest BCUT2D eigenvalue weighted by atomic mass is 10.2. The first-order chi connectivity index (χ1) is 8.69. The van der Waals surface area contributed by atoms with E-state index in [0.717, 1.165) is 16.9 Å². The van der Waals surface area contributed by atoms with Gasteiger partial charge in [-0.1, -0.05) is 0 Å². The molecule has 0 spiro atoms. The molecule has 2 aromatic heterocycles. The van der Waals surface area contributed by atoms with Crippen molar-refractivity contribution < 1.29 is 4.74 Å². The van der Waals surface area contributed by atoms with Crippen LogP contribution >= 0.6 is 0 Å². The maximum Gasteiger partial charge on any atom is 0.148 e. The molecule has 0 amide bonds.